The van der Waals surface area contributed by atoms with Gasteiger partial charge in [0.15, 0.2) is 0 Å². The first-order valence-electron chi connectivity index (χ1n) is 6.38. The van der Waals surface area contributed by atoms with Gasteiger partial charge in [-0.25, -0.2) is 0 Å². The van der Waals surface area contributed by atoms with Crippen molar-refractivity contribution in [2.75, 3.05) is 6.61 Å². The second kappa shape index (κ2) is 7.10. The summed E-state index contributed by atoms with van der Waals surface area (Å²) in [6.07, 6.45) is 2.47. The number of ether oxygens (including phenoxy) is 1. The fourth-order valence-corrected chi connectivity index (χ4v) is 1.53. The minimum absolute atomic E-state index is 0.141. The number of ketones is 1. The van der Waals surface area contributed by atoms with E-state index in [1.807, 2.05) is 38.1 Å². The summed E-state index contributed by atoms with van der Waals surface area (Å²) in [5.41, 5.74) is 1.20. The molecule has 0 atom stereocenters. The number of hydrogen-bond donors (Lipinski definition) is 0. The first-order chi connectivity index (χ1) is 8.13. The molecule has 0 saturated heterocycles. The molecule has 2 nitrogen and oxygen atoms in total. The minimum Gasteiger partial charge on any atom is -0.494 e. The maximum absolute atomic E-state index is 11.5. The fourth-order valence-electron chi connectivity index (χ4n) is 1.53. The summed E-state index contributed by atoms with van der Waals surface area (Å²) < 4.78 is 5.51. The van der Waals surface area contributed by atoms with Gasteiger partial charge in [0.05, 0.1) is 6.61 Å². The van der Waals surface area contributed by atoms with Crippen molar-refractivity contribution in [2.24, 2.45) is 5.92 Å². The van der Waals surface area contributed by atoms with Gasteiger partial charge in [-0.15, -0.1) is 0 Å². The van der Waals surface area contributed by atoms with Crippen molar-refractivity contribution in [3.05, 3.63) is 29.8 Å². The van der Waals surface area contributed by atoms with Crippen LogP contribution in [0.2, 0.25) is 0 Å². The highest BCUT2D eigenvalue weighted by molar-refractivity contribution is 5.80. The van der Waals surface area contributed by atoms with Crippen LogP contribution in [-0.2, 0) is 11.2 Å². The summed E-state index contributed by atoms with van der Waals surface area (Å²) in [6, 6.07) is 8.03. The van der Waals surface area contributed by atoms with E-state index in [4.69, 9.17) is 4.74 Å². The van der Waals surface area contributed by atoms with Crippen LogP contribution >= 0.6 is 0 Å². The molecule has 0 heterocycles. The molecule has 0 radical (unpaired) electrons. The predicted molar refractivity (Wildman–Crippen MR) is 70.4 cm³/mol. The van der Waals surface area contributed by atoms with Crippen LogP contribution in [-0.4, -0.2) is 12.4 Å². The largest absolute Gasteiger partial charge is 0.494 e. The lowest BCUT2D eigenvalue weighted by Gasteiger charge is -2.06. The Morgan fingerprint density at radius 1 is 1.24 bits per heavy atom. The van der Waals surface area contributed by atoms with E-state index < -0.39 is 0 Å². The first-order valence-corrected chi connectivity index (χ1v) is 6.38. The van der Waals surface area contributed by atoms with E-state index in [1.54, 1.807) is 0 Å². The van der Waals surface area contributed by atoms with E-state index in [9.17, 15) is 4.79 Å². The molecule has 1 rings (SSSR count). The molecule has 0 aromatic heterocycles. The Bertz CT molecular complexity index is 338. The summed E-state index contributed by atoms with van der Waals surface area (Å²) in [7, 11) is 0. The van der Waals surface area contributed by atoms with E-state index in [-0.39, 0.29) is 5.92 Å². The molecule has 0 aliphatic carbocycles. The van der Waals surface area contributed by atoms with Gasteiger partial charge in [0.25, 0.3) is 0 Å². The van der Waals surface area contributed by atoms with E-state index in [0.29, 0.717) is 12.2 Å². The van der Waals surface area contributed by atoms with Crippen LogP contribution in [0.3, 0.4) is 0 Å². The summed E-state index contributed by atoms with van der Waals surface area (Å²) in [5, 5.41) is 0. The van der Waals surface area contributed by atoms with E-state index in [1.165, 1.54) is 5.56 Å². The molecule has 0 bridgehead atoms. The fraction of sp³-hybridized carbons (Fsp3) is 0.533. The first kappa shape index (κ1) is 13.8. The van der Waals surface area contributed by atoms with Crippen molar-refractivity contribution in [2.45, 2.75) is 40.0 Å². The smallest absolute Gasteiger partial charge is 0.135 e. The molecule has 0 aliphatic heterocycles. The van der Waals surface area contributed by atoms with Gasteiger partial charge in [0.1, 0.15) is 11.5 Å². The van der Waals surface area contributed by atoms with Crippen molar-refractivity contribution in [3.8, 4) is 5.75 Å². The normalized spacial score (nSPS) is 10.6. The average molecular weight is 234 g/mol. The summed E-state index contributed by atoms with van der Waals surface area (Å²) in [5.74, 6) is 1.38. The monoisotopic (exact) mass is 234 g/mol. The molecule has 0 N–H and O–H groups in total. The lowest BCUT2D eigenvalue weighted by molar-refractivity contribution is -0.121. The number of Topliss-reactive ketones (excluding diaryl/α,β-unsaturated/α-hetero) is 1. The van der Waals surface area contributed by atoms with Crippen LogP contribution in [0.15, 0.2) is 24.3 Å². The molecule has 2 heteroatoms. The number of carbonyl (C=O) groups excluding carboxylic acids is 1. The molecule has 0 spiro atoms. The Kier molecular flexibility index (Phi) is 5.75. The predicted octanol–water partition coefficient (Wildman–Crippen LogP) is 3.63. The van der Waals surface area contributed by atoms with Gasteiger partial charge in [0, 0.05) is 12.3 Å². The lowest BCUT2D eigenvalue weighted by Crippen LogP contribution is -2.07. The Balaban J connectivity index is 2.42. The average Bonchev–Trinajstić information content (AvgIpc) is 2.34. The molecule has 0 saturated carbocycles. The molecule has 17 heavy (non-hydrogen) atoms. The Labute approximate surface area is 104 Å². The maximum Gasteiger partial charge on any atom is 0.135 e. The van der Waals surface area contributed by atoms with Crippen molar-refractivity contribution in [1.29, 1.82) is 0 Å². The molecule has 0 amide bonds. The molecular formula is C15H22O2. The maximum atomic E-state index is 11.5. The molecule has 1 aromatic carbocycles. The zero-order chi connectivity index (χ0) is 12.7. The van der Waals surface area contributed by atoms with Crippen LogP contribution < -0.4 is 4.74 Å². The quantitative estimate of drug-likeness (QED) is 0.720. The van der Waals surface area contributed by atoms with Crippen LogP contribution in [0.4, 0.5) is 0 Å². The number of benzene rings is 1. The highest BCUT2D eigenvalue weighted by atomic mass is 16.5. The Morgan fingerprint density at radius 2 is 1.88 bits per heavy atom. The lowest BCUT2D eigenvalue weighted by atomic mass is 10.0. The summed E-state index contributed by atoms with van der Waals surface area (Å²) in [6.45, 7) is 6.74. The standard InChI is InChI=1S/C15H22O2/c1-4-11-17-14-8-5-13(6-9-14)7-10-15(16)12(2)3/h5-6,8-9,12H,4,7,10-11H2,1-3H3. The van der Waals surface area contributed by atoms with Gasteiger partial charge in [-0.2, -0.15) is 0 Å². The van der Waals surface area contributed by atoms with Crippen LogP contribution in [0, 0.1) is 5.92 Å². The topological polar surface area (TPSA) is 26.3 Å². The summed E-state index contributed by atoms with van der Waals surface area (Å²) >= 11 is 0. The van der Waals surface area contributed by atoms with Gasteiger partial charge >= 0.3 is 0 Å². The van der Waals surface area contributed by atoms with Crippen LogP contribution in [0.1, 0.15) is 39.2 Å². The number of rotatable bonds is 7. The second-order valence-electron chi connectivity index (χ2n) is 4.61. The SMILES string of the molecule is CCCOc1ccc(CCC(=O)C(C)C)cc1. The minimum atomic E-state index is 0.141. The van der Waals surface area contributed by atoms with Gasteiger partial charge < -0.3 is 4.74 Å². The van der Waals surface area contributed by atoms with Crippen molar-refractivity contribution >= 4 is 5.78 Å². The van der Waals surface area contributed by atoms with E-state index in [0.717, 1.165) is 25.2 Å². The van der Waals surface area contributed by atoms with Crippen molar-refractivity contribution in [3.63, 3.8) is 0 Å². The van der Waals surface area contributed by atoms with E-state index in [2.05, 4.69) is 6.92 Å². The molecule has 1 aromatic rings. The molecule has 0 fully saturated rings. The highest BCUT2D eigenvalue weighted by Crippen LogP contribution is 2.14. The second-order valence-corrected chi connectivity index (χ2v) is 4.61. The number of aryl methyl sites for hydroxylation is 1. The third-order valence-corrected chi connectivity index (χ3v) is 2.70. The zero-order valence-electron chi connectivity index (χ0n) is 11.0. The number of hydrogen-bond acceptors (Lipinski definition) is 2. The van der Waals surface area contributed by atoms with Crippen molar-refractivity contribution in [1.82, 2.24) is 0 Å². The molecular weight excluding hydrogens is 212 g/mol. The zero-order valence-corrected chi connectivity index (χ0v) is 11.0. The Morgan fingerprint density at radius 3 is 2.41 bits per heavy atom. The van der Waals surface area contributed by atoms with Gasteiger partial charge in [0.2, 0.25) is 0 Å². The van der Waals surface area contributed by atoms with Gasteiger partial charge in [-0.3, -0.25) is 4.79 Å². The van der Waals surface area contributed by atoms with E-state index >= 15 is 0 Å². The third kappa shape index (κ3) is 5.03. The third-order valence-electron chi connectivity index (χ3n) is 2.70. The molecule has 0 unspecified atom stereocenters. The van der Waals surface area contributed by atoms with Gasteiger partial charge in [-0.1, -0.05) is 32.9 Å². The molecule has 0 aliphatic rings. The van der Waals surface area contributed by atoms with Crippen molar-refractivity contribution < 1.29 is 9.53 Å². The van der Waals surface area contributed by atoms with Gasteiger partial charge in [-0.05, 0) is 30.5 Å². The van der Waals surface area contributed by atoms with Crippen LogP contribution in [0.25, 0.3) is 0 Å². The number of carbonyl (C=O) groups is 1. The van der Waals surface area contributed by atoms with Crippen LogP contribution in [0.5, 0.6) is 5.75 Å². The Hall–Kier alpha value is -1.31. The summed E-state index contributed by atoms with van der Waals surface area (Å²) in [4.78, 5) is 11.5. The highest BCUT2D eigenvalue weighted by Gasteiger charge is 2.06. The molecule has 94 valence electrons.